The summed E-state index contributed by atoms with van der Waals surface area (Å²) in [5, 5.41) is 2.70. The third kappa shape index (κ3) is 7.92. The minimum absolute atomic E-state index is 0.0317. The second-order valence-corrected chi connectivity index (χ2v) is 15.3. The maximum absolute atomic E-state index is 15.5. The Hall–Kier alpha value is -2.71. The molecular formula is C24H35B6F4N7O2S. The van der Waals surface area contributed by atoms with Gasteiger partial charge in [-0.3, -0.25) is 0 Å². The molecule has 0 amide bonds. The Balaban J connectivity index is 1.63. The summed E-state index contributed by atoms with van der Waals surface area (Å²) >= 11 is 0. The summed E-state index contributed by atoms with van der Waals surface area (Å²) in [5.41, 5.74) is -0.667. The standard InChI is InChI=1S/C24H35B6F4N7O2S/c1-13-36-18(12-40(13)19-4-3-14(9-17(19)31)11-41(23(25,26)27)24(28,29)30)20-16(22(32,33)34)10-35-21(38-20)37-15-5-7-39(8-6-15)44(2,42)43/h3-4,9-10,12,15H,5-8,11,25-30H2,1-2H3,(H,35,37,38). The van der Waals surface area contributed by atoms with Gasteiger partial charge in [-0.05, 0) is 37.5 Å². The lowest BCUT2D eigenvalue weighted by atomic mass is 9.40. The van der Waals surface area contributed by atoms with Crippen LogP contribution in [-0.2, 0) is 22.7 Å². The normalized spacial score (nSPS) is 16.0. The van der Waals surface area contributed by atoms with E-state index in [1.165, 1.54) is 21.1 Å². The highest BCUT2D eigenvalue weighted by molar-refractivity contribution is 7.88. The van der Waals surface area contributed by atoms with Crippen LogP contribution in [0.15, 0.2) is 30.6 Å². The zero-order valence-corrected chi connectivity index (χ0v) is 27.2. The molecular weight excluding hydrogens is 591 g/mol. The molecule has 0 unspecified atom stereocenters. The van der Waals surface area contributed by atoms with E-state index in [-0.39, 0.29) is 52.8 Å². The molecule has 9 nitrogen and oxygen atoms in total. The van der Waals surface area contributed by atoms with Gasteiger partial charge in [-0.15, -0.1) is 0 Å². The molecule has 44 heavy (non-hydrogen) atoms. The quantitative estimate of drug-likeness (QED) is 0.207. The number of anilines is 1. The number of alkyl halides is 3. The number of hydrogen-bond acceptors (Lipinski definition) is 7. The molecule has 0 spiro atoms. The van der Waals surface area contributed by atoms with Gasteiger partial charge in [0.05, 0.1) is 11.9 Å². The van der Waals surface area contributed by atoms with E-state index >= 15 is 4.39 Å². The molecule has 1 saturated heterocycles. The maximum Gasteiger partial charge on any atom is 0.420 e. The van der Waals surface area contributed by atoms with E-state index in [0.717, 1.165) is 11.8 Å². The highest BCUT2D eigenvalue weighted by Crippen LogP contribution is 2.36. The molecule has 1 aromatic carbocycles. The first-order chi connectivity index (χ1) is 20.1. The summed E-state index contributed by atoms with van der Waals surface area (Å²) in [6.07, 6.45) is -0.684. The second-order valence-electron chi connectivity index (χ2n) is 13.3. The van der Waals surface area contributed by atoms with E-state index in [1.807, 2.05) is 6.07 Å². The minimum Gasteiger partial charge on any atom is -0.351 e. The zero-order chi connectivity index (χ0) is 32.8. The third-order valence-corrected chi connectivity index (χ3v) is 9.01. The second kappa shape index (κ2) is 12.2. The number of rotatable bonds is 9. The topological polar surface area (TPSA) is 96.2 Å². The number of aryl methyl sites for hydroxylation is 1. The summed E-state index contributed by atoms with van der Waals surface area (Å²) in [5.74, 6) is -0.276. The lowest BCUT2D eigenvalue weighted by molar-refractivity contribution is -0.137. The molecule has 0 saturated carbocycles. The Morgan fingerprint density at radius 1 is 1.05 bits per heavy atom. The van der Waals surface area contributed by atoms with Gasteiger partial charge in [0.1, 0.15) is 75.7 Å². The van der Waals surface area contributed by atoms with Crippen molar-refractivity contribution >= 4 is 63.0 Å². The van der Waals surface area contributed by atoms with Crippen LogP contribution in [0.2, 0.25) is 0 Å². The van der Waals surface area contributed by atoms with Crippen LogP contribution in [-0.4, -0.2) is 120 Å². The van der Waals surface area contributed by atoms with Gasteiger partial charge in [-0.1, -0.05) is 16.5 Å². The van der Waals surface area contributed by atoms with Gasteiger partial charge in [0.25, 0.3) is 0 Å². The van der Waals surface area contributed by atoms with Crippen LogP contribution in [0, 0.1) is 12.7 Å². The van der Waals surface area contributed by atoms with Gasteiger partial charge in [0.2, 0.25) is 16.0 Å². The van der Waals surface area contributed by atoms with Crippen LogP contribution >= 0.6 is 0 Å². The van der Waals surface area contributed by atoms with Gasteiger partial charge in [0, 0.05) is 38.1 Å². The van der Waals surface area contributed by atoms with Crippen molar-refractivity contribution in [3.63, 3.8) is 0 Å². The van der Waals surface area contributed by atoms with Gasteiger partial charge in [-0.25, -0.2) is 32.1 Å². The van der Waals surface area contributed by atoms with Crippen molar-refractivity contribution < 1.29 is 26.0 Å². The number of halogens is 4. The average Bonchev–Trinajstić information content (AvgIpc) is 3.26. The molecule has 3 aromatic rings. The number of hydrogen-bond donors (Lipinski definition) is 1. The summed E-state index contributed by atoms with van der Waals surface area (Å²) in [4.78, 5) is 14.7. The summed E-state index contributed by atoms with van der Waals surface area (Å²) in [7, 11) is 9.28. The summed E-state index contributed by atoms with van der Waals surface area (Å²) < 4.78 is 84.0. The predicted molar refractivity (Wildman–Crippen MR) is 180 cm³/mol. The Morgan fingerprint density at radius 3 is 2.18 bits per heavy atom. The Morgan fingerprint density at radius 2 is 1.66 bits per heavy atom. The number of nitrogens with one attached hydrogen (secondary N) is 1. The van der Waals surface area contributed by atoms with Crippen LogP contribution in [0.5, 0.6) is 0 Å². The average molecular weight is 627 g/mol. The van der Waals surface area contributed by atoms with Gasteiger partial charge < -0.3 is 14.8 Å². The number of imidazole rings is 1. The van der Waals surface area contributed by atoms with Crippen molar-refractivity contribution in [2.45, 2.75) is 49.0 Å². The molecule has 3 heterocycles. The zero-order valence-electron chi connectivity index (χ0n) is 26.4. The molecule has 0 bridgehead atoms. The van der Waals surface area contributed by atoms with Crippen molar-refractivity contribution in [3.05, 3.63) is 53.4 Å². The van der Waals surface area contributed by atoms with Gasteiger partial charge in [0.15, 0.2) is 0 Å². The first-order valence-corrected chi connectivity index (χ1v) is 16.3. The first-order valence-electron chi connectivity index (χ1n) is 14.4. The van der Waals surface area contributed by atoms with Crippen molar-refractivity contribution in [1.29, 1.82) is 0 Å². The summed E-state index contributed by atoms with van der Waals surface area (Å²) in [6, 6.07) is 4.64. The van der Waals surface area contributed by atoms with Crippen molar-refractivity contribution in [1.82, 2.24) is 28.7 Å². The maximum atomic E-state index is 15.5. The molecule has 1 N–H and O–H groups in total. The van der Waals surface area contributed by atoms with Crippen LogP contribution in [0.25, 0.3) is 17.1 Å². The fraction of sp³-hybridized carbons (Fsp3) is 0.458. The highest BCUT2D eigenvalue weighted by Gasteiger charge is 2.37. The van der Waals surface area contributed by atoms with E-state index in [4.69, 9.17) is 0 Å². The molecule has 4 rings (SSSR count). The first kappa shape index (κ1) is 34.2. The monoisotopic (exact) mass is 627 g/mol. The number of benzene rings is 1. The number of piperidine rings is 1. The molecule has 1 aliphatic rings. The number of sulfonamides is 1. The van der Waals surface area contributed by atoms with E-state index in [0.29, 0.717) is 25.6 Å². The summed E-state index contributed by atoms with van der Waals surface area (Å²) in [6.45, 7) is 2.66. The lowest BCUT2D eigenvalue weighted by Crippen LogP contribution is -2.63. The van der Waals surface area contributed by atoms with E-state index in [9.17, 15) is 21.6 Å². The van der Waals surface area contributed by atoms with Gasteiger partial charge >= 0.3 is 6.18 Å². The van der Waals surface area contributed by atoms with Crippen LogP contribution < -0.4 is 5.32 Å². The van der Waals surface area contributed by atoms with E-state index < -0.39 is 33.3 Å². The van der Waals surface area contributed by atoms with E-state index in [1.54, 1.807) is 13.0 Å². The highest BCUT2D eigenvalue weighted by atomic mass is 32.2. The number of aromatic nitrogens is 4. The van der Waals surface area contributed by atoms with E-state index in [2.05, 4.69) is 72.2 Å². The predicted octanol–water partition coefficient (Wildman–Crippen LogP) is -2.55. The molecule has 0 atom stereocenters. The third-order valence-electron chi connectivity index (χ3n) is 7.71. The van der Waals surface area contributed by atoms with Crippen molar-refractivity contribution in [2.75, 3.05) is 24.7 Å². The van der Waals surface area contributed by atoms with Crippen molar-refractivity contribution in [2.24, 2.45) is 0 Å². The molecule has 20 heteroatoms. The Kier molecular flexibility index (Phi) is 9.50. The molecule has 0 radical (unpaired) electrons. The minimum atomic E-state index is -4.76. The van der Waals surface area contributed by atoms with Crippen molar-refractivity contribution in [3.8, 4) is 17.1 Å². The molecule has 1 fully saturated rings. The Labute approximate surface area is 261 Å². The fourth-order valence-electron chi connectivity index (χ4n) is 5.71. The molecule has 230 valence electrons. The van der Waals surface area contributed by atoms with Crippen LogP contribution in [0.3, 0.4) is 0 Å². The SMILES string of the molecule is BC(B)(B)N(Cc1ccc(-n2cc(-c3nc(NC4CCN(S(C)(=O)=O)CC4)ncc3C(F)(F)F)nc2C)c(F)c1)C(B)(B)B. The van der Waals surface area contributed by atoms with Crippen LogP contribution in [0.4, 0.5) is 23.5 Å². The van der Waals surface area contributed by atoms with Gasteiger partial charge in [-0.2, -0.15) is 13.2 Å². The molecule has 2 aromatic heterocycles. The molecule has 1 aliphatic heterocycles. The fourth-order valence-corrected chi connectivity index (χ4v) is 6.58. The lowest BCUT2D eigenvalue weighted by Gasteiger charge is -2.47. The largest absolute Gasteiger partial charge is 0.420 e. The Bertz CT molecular complexity index is 1610. The smallest absolute Gasteiger partial charge is 0.351 e. The van der Waals surface area contributed by atoms with Crippen LogP contribution in [0.1, 0.15) is 29.8 Å². The number of nitrogens with zero attached hydrogens (tertiary/aromatic N) is 6. The molecule has 0 aliphatic carbocycles.